The van der Waals surface area contributed by atoms with E-state index in [0.29, 0.717) is 17.2 Å². The van der Waals surface area contributed by atoms with E-state index in [1.165, 1.54) is 11.4 Å². The van der Waals surface area contributed by atoms with Crippen molar-refractivity contribution in [2.75, 3.05) is 21.3 Å². The lowest BCUT2D eigenvalue weighted by molar-refractivity contribution is 0.320. The average Bonchev–Trinajstić information content (AvgIpc) is 2.66. The number of hydrogen-bond donors (Lipinski definition) is 0. The van der Waals surface area contributed by atoms with Gasteiger partial charge in [-0.2, -0.15) is 0 Å². The zero-order valence-corrected chi connectivity index (χ0v) is 16.6. The molecule has 1 heterocycles. The predicted molar refractivity (Wildman–Crippen MR) is 104 cm³/mol. The van der Waals surface area contributed by atoms with Crippen molar-refractivity contribution >= 4 is 16.1 Å². The van der Waals surface area contributed by atoms with Crippen LogP contribution in [0, 0.1) is 0 Å². The minimum absolute atomic E-state index is 0.0672. The fraction of sp³-hybridized carbons (Fsp3) is 0.300. The highest BCUT2D eigenvalue weighted by Crippen LogP contribution is 2.47. The Labute approximate surface area is 160 Å². The zero-order valence-electron chi connectivity index (χ0n) is 15.8. The lowest BCUT2D eigenvalue weighted by Crippen LogP contribution is -2.32. The third-order valence-corrected chi connectivity index (χ3v) is 6.41. The maximum absolute atomic E-state index is 13.0. The van der Waals surface area contributed by atoms with Crippen molar-refractivity contribution in [1.29, 1.82) is 0 Å². The minimum atomic E-state index is -3.55. The van der Waals surface area contributed by atoms with E-state index < -0.39 is 16.1 Å². The Kier molecular flexibility index (Phi) is 5.32. The molecule has 2 aromatic carbocycles. The number of sulfonamides is 1. The lowest BCUT2D eigenvalue weighted by Gasteiger charge is -2.33. The summed E-state index contributed by atoms with van der Waals surface area (Å²) in [6.45, 7) is 1.84. The second-order valence-corrected chi connectivity index (χ2v) is 8.09. The van der Waals surface area contributed by atoms with Gasteiger partial charge in [0.1, 0.15) is 0 Å². The summed E-state index contributed by atoms with van der Waals surface area (Å²) in [4.78, 5) is 0. The standard InChI is InChI=1S/C20H23NO5S/c1-14-17-12-18(24-2)20(26-4)19(25-3)16(17)10-11-21(14)27(22,23)13-15-8-6-5-7-9-15/h5-12,14H,13H2,1-4H3. The fourth-order valence-corrected chi connectivity index (χ4v) is 4.93. The molecule has 0 amide bonds. The van der Waals surface area contributed by atoms with E-state index in [1.807, 2.05) is 25.1 Å². The van der Waals surface area contributed by atoms with Crippen molar-refractivity contribution in [2.24, 2.45) is 0 Å². The summed E-state index contributed by atoms with van der Waals surface area (Å²) in [5.74, 6) is 1.43. The molecule has 0 saturated carbocycles. The number of nitrogens with zero attached hydrogens (tertiary/aromatic N) is 1. The van der Waals surface area contributed by atoms with Crippen molar-refractivity contribution in [3.63, 3.8) is 0 Å². The third kappa shape index (κ3) is 3.47. The molecule has 0 aromatic heterocycles. The summed E-state index contributed by atoms with van der Waals surface area (Å²) in [6, 6.07) is 10.5. The average molecular weight is 389 g/mol. The number of benzene rings is 2. The van der Waals surface area contributed by atoms with Crippen molar-refractivity contribution in [2.45, 2.75) is 18.7 Å². The van der Waals surface area contributed by atoms with Crippen LogP contribution < -0.4 is 14.2 Å². The van der Waals surface area contributed by atoms with Crippen LogP contribution in [0.3, 0.4) is 0 Å². The van der Waals surface area contributed by atoms with Gasteiger partial charge in [-0.1, -0.05) is 30.3 Å². The third-order valence-electron chi connectivity index (χ3n) is 4.63. The molecule has 27 heavy (non-hydrogen) atoms. The Balaban J connectivity index is 2.03. The molecule has 0 fully saturated rings. The van der Waals surface area contributed by atoms with Crippen molar-refractivity contribution in [3.8, 4) is 17.2 Å². The molecular weight excluding hydrogens is 366 g/mol. The van der Waals surface area contributed by atoms with Crippen molar-refractivity contribution < 1.29 is 22.6 Å². The van der Waals surface area contributed by atoms with E-state index in [0.717, 1.165) is 16.7 Å². The number of hydrogen-bond acceptors (Lipinski definition) is 5. The first-order valence-corrected chi connectivity index (χ1v) is 10.1. The number of fused-ring (bicyclic) bond motifs is 1. The van der Waals surface area contributed by atoms with E-state index in [1.54, 1.807) is 44.7 Å². The number of methoxy groups -OCH3 is 3. The Morgan fingerprint density at radius 3 is 2.26 bits per heavy atom. The van der Waals surface area contributed by atoms with Gasteiger partial charge in [0.05, 0.1) is 33.1 Å². The van der Waals surface area contributed by atoms with Gasteiger partial charge in [-0.25, -0.2) is 8.42 Å². The highest BCUT2D eigenvalue weighted by molar-refractivity contribution is 7.88. The number of rotatable bonds is 6. The highest BCUT2D eigenvalue weighted by atomic mass is 32.2. The molecule has 6 nitrogen and oxygen atoms in total. The van der Waals surface area contributed by atoms with Crippen LogP contribution >= 0.6 is 0 Å². The fourth-order valence-electron chi connectivity index (χ4n) is 3.32. The first kappa shape index (κ1) is 19.1. The van der Waals surface area contributed by atoms with Gasteiger partial charge in [-0.3, -0.25) is 4.31 Å². The highest BCUT2D eigenvalue weighted by Gasteiger charge is 2.32. The normalized spacial score (nSPS) is 16.0. The molecule has 0 N–H and O–H groups in total. The molecule has 3 rings (SSSR count). The van der Waals surface area contributed by atoms with E-state index in [4.69, 9.17) is 14.2 Å². The van der Waals surface area contributed by atoms with Crippen LogP contribution in [0.15, 0.2) is 42.6 Å². The first-order valence-electron chi connectivity index (χ1n) is 8.49. The van der Waals surface area contributed by atoms with Crippen LogP contribution in [0.1, 0.15) is 29.7 Å². The zero-order chi connectivity index (χ0) is 19.6. The largest absolute Gasteiger partial charge is 0.493 e. The molecule has 2 aromatic rings. The molecule has 1 unspecified atom stereocenters. The van der Waals surface area contributed by atoms with Crippen LogP contribution in [0.5, 0.6) is 17.2 Å². The van der Waals surface area contributed by atoms with E-state index >= 15 is 0 Å². The molecule has 1 aliphatic heterocycles. The smallest absolute Gasteiger partial charge is 0.239 e. The van der Waals surface area contributed by atoms with Gasteiger partial charge in [0.25, 0.3) is 0 Å². The predicted octanol–water partition coefficient (Wildman–Crippen LogP) is 3.59. The molecule has 0 radical (unpaired) electrons. The van der Waals surface area contributed by atoms with E-state index in [9.17, 15) is 8.42 Å². The van der Waals surface area contributed by atoms with Gasteiger partial charge >= 0.3 is 0 Å². The quantitative estimate of drug-likeness (QED) is 0.755. The molecule has 1 atom stereocenters. The molecule has 0 spiro atoms. The summed E-state index contributed by atoms with van der Waals surface area (Å²) in [7, 11) is 1.08. The van der Waals surface area contributed by atoms with Crippen LogP contribution in [-0.2, 0) is 15.8 Å². The summed E-state index contributed by atoms with van der Waals surface area (Å²) in [5, 5.41) is 0. The van der Waals surface area contributed by atoms with E-state index in [2.05, 4.69) is 0 Å². The van der Waals surface area contributed by atoms with Gasteiger partial charge in [-0.05, 0) is 30.2 Å². The van der Waals surface area contributed by atoms with Crippen LogP contribution in [0.25, 0.3) is 6.08 Å². The molecule has 0 aliphatic carbocycles. The molecular formula is C20H23NO5S. The van der Waals surface area contributed by atoms with Crippen LogP contribution in [0.4, 0.5) is 0 Å². The maximum atomic E-state index is 13.0. The molecule has 144 valence electrons. The lowest BCUT2D eigenvalue weighted by atomic mass is 9.96. The Morgan fingerprint density at radius 2 is 1.67 bits per heavy atom. The molecule has 7 heteroatoms. The van der Waals surface area contributed by atoms with Crippen molar-refractivity contribution in [1.82, 2.24) is 4.31 Å². The molecule has 0 bridgehead atoms. The first-order chi connectivity index (χ1) is 12.9. The van der Waals surface area contributed by atoms with Gasteiger partial charge in [0.2, 0.25) is 15.8 Å². The summed E-state index contributed by atoms with van der Waals surface area (Å²) in [5.41, 5.74) is 2.33. The summed E-state index contributed by atoms with van der Waals surface area (Å²) in [6.07, 6.45) is 3.32. The summed E-state index contributed by atoms with van der Waals surface area (Å²) < 4.78 is 43.7. The maximum Gasteiger partial charge on any atom is 0.239 e. The number of ether oxygens (including phenoxy) is 3. The van der Waals surface area contributed by atoms with Crippen molar-refractivity contribution in [3.05, 3.63) is 59.3 Å². The molecule has 1 aliphatic rings. The van der Waals surface area contributed by atoms with Gasteiger partial charge in [0, 0.05) is 11.8 Å². The van der Waals surface area contributed by atoms with Crippen LogP contribution in [-0.4, -0.2) is 34.1 Å². The second kappa shape index (κ2) is 7.52. The van der Waals surface area contributed by atoms with Gasteiger partial charge < -0.3 is 14.2 Å². The van der Waals surface area contributed by atoms with Gasteiger partial charge in [0.15, 0.2) is 11.5 Å². The minimum Gasteiger partial charge on any atom is -0.493 e. The Bertz CT molecular complexity index is 954. The van der Waals surface area contributed by atoms with Gasteiger partial charge in [-0.15, -0.1) is 0 Å². The van der Waals surface area contributed by atoms with Crippen LogP contribution in [0.2, 0.25) is 0 Å². The SMILES string of the molecule is COc1cc2c(c(OC)c1OC)C=CN(S(=O)(=O)Cc1ccccc1)C2C. The summed E-state index contributed by atoms with van der Waals surface area (Å²) >= 11 is 0. The van der Waals surface area contributed by atoms with E-state index in [-0.39, 0.29) is 5.75 Å². The Hall–Kier alpha value is -2.67. The monoisotopic (exact) mass is 389 g/mol. The second-order valence-electron chi connectivity index (χ2n) is 6.21. The Morgan fingerprint density at radius 1 is 1.00 bits per heavy atom. The topological polar surface area (TPSA) is 65.1 Å². The molecule has 0 saturated heterocycles.